The lowest BCUT2D eigenvalue weighted by atomic mass is 10.1. The van der Waals surface area contributed by atoms with Crippen molar-refractivity contribution in [1.29, 1.82) is 0 Å². The third kappa shape index (κ3) is 5.27. The second kappa shape index (κ2) is 8.14. The average Bonchev–Trinajstić information content (AvgIpc) is 2.57. The molecule has 0 aliphatic rings. The number of hydrogen-bond donors (Lipinski definition) is 2. The zero-order chi connectivity index (χ0) is 16.7. The molecule has 23 heavy (non-hydrogen) atoms. The van der Waals surface area contributed by atoms with Crippen molar-refractivity contribution in [3.63, 3.8) is 0 Å². The number of hydrogen-bond acceptors (Lipinski definition) is 5. The summed E-state index contributed by atoms with van der Waals surface area (Å²) in [5, 5.41) is 8.80. The number of anilines is 1. The highest BCUT2D eigenvalue weighted by atomic mass is 16.5. The lowest BCUT2D eigenvalue weighted by molar-refractivity contribution is -0.138. The van der Waals surface area contributed by atoms with Crippen LogP contribution >= 0.6 is 0 Å². The maximum Gasteiger partial charge on any atom is 0.320 e. The van der Waals surface area contributed by atoms with Crippen molar-refractivity contribution in [2.24, 2.45) is 5.73 Å². The number of pyridine rings is 1. The van der Waals surface area contributed by atoms with E-state index in [4.69, 9.17) is 15.6 Å². The van der Waals surface area contributed by atoms with Crippen molar-refractivity contribution in [3.8, 4) is 5.75 Å². The predicted molar refractivity (Wildman–Crippen MR) is 88.8 cm³/mol. The highest BCUT2D eigenvalue weighted by molar-refractivity contribution is 5.73. The van der Waals surface area contributed by atoms with E-state index in [9.17, 15) is 4.79 Å². The molecule has 1 atom stereocenters. The van der Waals surface area contributed by atoms with E-state index in [-0.39, 0.29) is 0 Å². The predicted octanol–water partition coefficient (Wildman–Crippen LogP) is 1.55. The molecule has 0 spiro atoms. The van der Waals surface area contributed by atoms with Crippen LogP contribution in [0.25, 0.3) is 0 Å². The monoisotopic (exact) mass is 315 g/mol. The number of aromatic nitrogens is 1. The Balaban J connectivity index is 1.79. The summed E-state index contributed by atoms with van der Waals surface area (Å²) < 4.78 is 5.69. The van der Waals surface area contributed by atoms with Gasteiger partial charge in [-0.05, 0) is 36.2 Å². The quantitative estimate of drug-likeness (QED) is 0.768. The number of carboxylic acids is 1. The minimum Gasteiger partial charge on any atom is -0.492 e. The van der Waals surface area contributed by atoms with Crippen LogP contribution in [0.3, 0.4) is 0 Å². The summed E-state index contributed by atoms with van der Waals surface area (Å²) in [5.74, 6) is 0.643. The summed E-state index contributed by atoms with van der Waals surface area (Å²) in [4.78, 5) is 17.0. The molecule has 1 heterocycles. The third-order valence-electron chi connectivity index (χ3n) is 3.43. The Labute approximate surface area is 135 Å². The minimum atomic E-state index is -0.997. The number of nitrogens with two attached hydrogens (primary N) is 1. The van der Waals surface area contributed by atoms with E-state index in [1.807, 2.05) is 54.4 Å². The first kappa shape index (κ1) is 16.8. The van der Waals surface area contributed by atoms with Gasteiger partial charge >= 0.3 is 5.97 Å². The Morgan fingerprint density at radius 2 is 2.04 bits per heavy atom. The van der Waals surface area contributed by atoms with Gasteiger partial charge in [0.05, 0.1) is 6.54 Å². The van der Waals surface area contributed by atoms with E-state index in [0.717, 1.165) is 17.1 Å². The summed E-state index contributed by atoms with van der Waals surface area (Å²) in [5.41, 5.74) is 6.39. The molecule has 0 saturated heterocycles. The fourth-order valence-electron chi connectivity index (χ4n) is 2.06. The Morgan fingerprint density at radius 1 is 1.30 bits per heavy atom. The lowest BCUT2D eigenvalue weighted by Gasteiger charge is -2.18. The lowest BCUT2D eigenvalue weighted by Crippen LogP contribution is -2.32. The molecule has 1 unspecified atom stereocenters. The highest BCUT2D eigenvalue weighted by Crippen LogP contribution is 2.14. The van der Waals surface area contributed by atoms with E-state index in [2.05, 4.69) is 4.98 Å². The largest absolute Gasteiger partial charge is 0.492 e. The molecule has 1 aromatic carbocycles. The zero-order valence-corrected chi connectivity index (χ0v) is 13.1. The molecule has 2 rings (SSSR count). The molecule has 0 bridgehead atoms. The van der Waals surface area contributed by atoms with Gasteiger partial charge in [0.15, 0.2) is 0 Å². The maximum absolute atomic E-state index is 10.7. The van der Waals surface area contributed by atoms with Gasteiger partial charge in [-0.1, -0.05) is 18.2 Å². The van der Waals surface area contributed by atoms with Gasteiger partial charge in [0.2, 0.25) is 0 Å². The average molecular weight is 315 g/mol. The van der Waals surface area contributed by atoms with Gasteiger partial charge in [-0.2, -0.15) is 0 Å². The molecule has 122 valence electrons. The third-order valence-corrected chi connectivity index (χ3v) is 3.43. The van der Waals surface area contributed by atoms with E-state index in [1.165, 1.54) is 0 Å². The summed E-state index contributed by atoms with van der Waals surface area (Å²) in [6.45, 7) is 1.24. The number of ether oxygens (including phenoxy) is 1. The molecular formula is C17H21N3O3. The standard InChI is InChI=1S/C17H21N3O3/c1-20(16-4-2-3-9-19-16)10-11-23-14-7-5-13(6-8-14)12-15(18)17(21)22/h2-9,15H,10-12,18H2,1H3,(H,21,22). The van der Waals surface area contributed by atoms with E-state index < -0.39 is 12.0 Å². The number of carboxylic acid groups (broad SMARTS) is 1. The second-order valence-electron chi connectivity index (χ2n) is 5.25. The van der Waals surface area contributed by atoms with Crippen molar-refractivity contribution >= 4 is 11.8 Å². The van der Waals surface area contributed by atoms with Crippen LogP contribution in [-0.4, -0.2) is 42.3 Å². The van der Waals surface area contributed by atoms with Crippen LogP contribution in [0, 0.1) is 0 Å². The number of benzene rings is 1. The molecular weight excluding hydrogens is 294 g/mol. The van der Waals surface area contributed by atoms with Gasteiger partial charge in [0, 0.05) is 13.2 Å². The number of nitrogens with zero attached hydrogens (tertiary/aromatic N) is 2. The maximum atomic E-state index is 10.7. The fraction of sp³-hybridized carbons (Fsp3) is 0.294. The molecule has 0 amide bonds. The molecule has 2 aromatic rings. The zero-order valence-electron chi connectivity index (χ0n) is 13.1. The molecule has 0 radical (unpaired) electrons. The summed E-state index contributed by atoms with van der Waals surface area (Å²) >= 11 is 0. The molecule has 1 aromatic heterocycles. The van der Waals surface area contributed by atoms with Crippen molar-refractivity contribution in [2.45, 2.75) is 12.5 Å². The van der Waals surface area contributed by atoms with Gasteiger partial charge in [-0.25, -0.2) is 4.98 Å². The Bertz CT molecular complexity index is 617. The van der Waals surface area contributed by atoms with Crippen LogP contribution in [0.2, 0.25) is 0 Å². The number of carbonyl (C=O) groups is 1. The van der Waals surface area contributed by atoms with E-state index >= 15 is 0 Å². The van der Waals surface area contributed by atoms with E-state index in [0.29, 0.717) is 19.6 Å². The van der Waals surface area contributed by atoms with Gasteiger partial charge in [0.1, 0.15) is 24.2 Å². The van der Waals surface area contributed by atoms with Gasteiger partial charge < -0.3 is 20.5 Å². The van der Waals surface area contributed by atoms with Crippen LogP contribution in [0.4, 0.5) is 5.82 Å². The van der Waals surface area contributed by atoms with Crippen molar-refractivity contribution in [1.82, 2.24) is 4.98 Å². The van der Waals surface area contributed by atoms with Crippen molar-refractivity contribution < 1.29 is 14.6 Å². The van der Waals surface area contributed by atoms with E-state index in [1.54, 1.807) is 6.20 Å². The molecule has 0 aliphatic carbocycles. The first-order valence-corrected chi connectivity index (χ1v) is 7.38. The van der Waals surface area contributed by atoms with Crippen molar-refractivity contribution in [3.05, 3.63) is 54.2 Å². The smallest absolute Gasteiger partial charge is 0.320 e. The molecule has 6 nitrogen and oxygen atoms in total. The number of likely N-dealkylation sites (N-methyl/N-ethyl adjacent to an activating group) is 1. The Hall–Kier alpha value is -2.60. The van der Waals surface area contributed by atoms with Crippen LogP contribution in [0.1, 0.15) is 5.56 Å². The highest BCUT2D eigenvalue weighted by Gasteiger charge is 2.11. The molecule has 0 aliphatic heterocycles. The first-order valence-electron chi connectivity index (χ1n) is 7.38. The summed E-state index contributed by atoms with van der Waals surface area (Å²) in [7, 11) is 1.96. The van der Waals surface area contributed by atoms with Crippen LogP contribution < -0.4 is 15.4 Å². The molecule has 0 fully saturated rings. The normalized spacial score (nSPS) is 11.7. The molecule has 3 N–H and O–H groups in total. The SMILES string of the molecule is CN(CCOc1ccc(CC(N)C(=O)O)cc1)c1ccccn1. The summed E-state index contributed by atoms with van der Waals surface area (Å²) in [6, 6.07) is 12.2. The second-order valence-corrected chi connectivity index (χ2v) is 5.25. The first-order chi connectivity index (χ1) is 11.1. The Morgan fingerprint density at radius 3 is 2.65 bits per heavy atom. The van der Waals surface area contributed by atoms with Gasteiger partial charge in [-0.15, -0.1) is 0 Å². The topological polar surface area (TPSA) is 88.7 Å². The molecule has 6 heteroatoms. The van der Waals surface area contributed by atoms with Crippen molar-refractivity contribution in [2.75, 3.05) is 25.1 Å². The number of rotatable bonds is 8. The van der Waals surface area contributed by atoms with Crippen LogP contribution in [-0.2, 0) is 11.2 Å². The van der Waals surface area contributed by atoms with Crippen LogP contribution in [0.5, 0.6) is 5.75 Å². The van der Waals surface area contributed by atoms with Crippen LogP contribution in [0.15, 0.2) is 48.7 Å². The minimum absolute atomic E-state index is 0.304. The Kier molecular flexibility index (Phi) is 5.94. The van der Waals surface area contributed by atoms with Gasteiger partial charge in [0.25, 0.3) is 0 Å². The summed E-state index contributed by atoms with van der Waals surface area (Å²) in [6.07, 6.45) is 2.06. The van der Waals surface area contributed by atoms with Gasteiger partial charge in [-0.3, -0.25) is 4.79 Å². The molecule has 0 saturated carbocycles. The fourth-order valence-corrected chi connectivity index (χ4v) is 2.06. The number of aliphatic carboxylic acids is 1.